The summed E-state index contributed by atoms with van der Waals surface area (Å²) in [5, 5.41) is 15.8. The van der Waals surface area contributed by atoms with E-state index < -0.39 is 22.8 Å². The second kappa shape index (κ2) is 9.78. The quantitative estimate of drug-likeness (QED) is 0.425. The molecule has 0 radical (unpaired) electrons. The number of benzene rings is 1. The highest BCUT2D eigenvalue weighted by atomic mass is 35.5. The van der Waals surface area contributed by atoms with Gasteiger partial charge in [0.25, 0.3) is 5.69 Å². The first-order valence-corrected chi connectivity index (χ1v) is 7.74. The molecule has 11 heteroatoms. The number of nitro groups is 1. The van der Waals surface area contributed by atoms with Gasteiger partial charge in [-0.3, -0.25) is 20.7 Å². The average Bonchev–Trinajstić information content (AvgIpc) is 2.53. The zero-order chi connectivity index (χ0) is 18.1. The van der Waals surface area contributed by atoms with Gasteiger partial charge in [-0.1, -0.05) is 0 Å². The van der Waals surface area contributed by atoms with Crippen LogP contribution in [-0.2, 0) is 9.47 Å². The molecule has 2 amide bonds. The minimum absolute atomic E-state index is 0.000576. The lowest BCUT2D eigenvalue weighted by molar-refractivity contribution is -0.383. The summed E-state index contributed by atoms with van der Waals surface area (Å²) in [6.45, 7) is 1.56. The van der Waals surface area contributed by atoms with E-state index in [9.17, 15) is 19.7 Å². The lowest BCUT2D eigenvalue weighted by atomic mass is 10.1. The number of ether oxygens (including phenoxy) is 2. The van der Waals surface area contributed by atoms with Gasteiger partial charge in [0.15, 0.2) is 0 Å². The fraction of sp³-hybridized carbons (Fsp3) is 0.385. The van der Waals surface area contributed by atoms with Crippen molar-refractivity contribution in [2.45, 2.75) is 6.92 Å². The van der Waals surface area contributed by atoms with Crippen LogP contribution in [-0.4, -0.2) is 42.1 Å². The summed E-state index contributed by atoms with van der Waals surface area (Å²) in [5.41, 5.74) is 0.143. The Morgan fingerprint density at radius 3 is 2.04 bits per heavy atom. The van der Waals surface area contributed by atoms with E-state index in [0.29, 0.717) is 5.56 Å². The van der Waals surface area contributed by atoms with Crippen LogP contribution in [0.4, 0.5) is 26.7 Å². The van der Waals surface area contributed by atoms with Crippen LogP contribution in [0.5, 0.6) is 0 Å². The Balaban J connectivity index is 2.98. The Morgan fingerprint density at radius 1 is 1.08 bits per heavy atom. The van der Waals surface area contributed by atoms with E-state index in [1.807, 2.05) is 0 Å². The van der Waals surface area contributed by atoms with E-state index in [2.05, 4.69) is 10.6 Å². The van der Waals surface area contributed by atoms with Crippen molar-refractivity contribution in [3.05, 3.63) is 27.8 Å². The van der Waals surface area contributed by atoms with Crippen LogP contribution in [0.15, 0.2) is 12.1 Å². The number of carbonyl (C=O) groups is 2. The predicted octanol–water partition coefficient (Wildman–Crippen LogP) is 3.48. The fourth-order valence-electron chi connectivity index (χ4n) is 1.64. The van der Waals surface area contributed by atoms with Gasteiger partial charge in [0, 0.05) is 6.07 Å². The normalized spacial score (nSPS) is 9.96. The van der Waals surface area contributed by atoms with Gasteiger partial charge in [0.2, 0.25) is 0 Å². The molecular weight excluding hydrogens is 365 g/mol. The highest BCUT2D eigenvalue weighted by Gasteiger charge is 2.20. The summed E-state index contributed by atoms with van der Waals surface area (Å²) in [5.74, 6) is 0.224. The molecule has 9 nitrogen and oxygen atoms in total. The zero-order valence-corrected chi connectivity index (χ0v) is 14.1. The van der Waals surface area contributed by atoms with E-state index in [-0.39, 0.29) is 36.3 Å². The number of alkyl halides is 2. The van der Waals surface area contributed by atoms with Gasteiger partial charge < -0.3 is 9.47 Å². The Hall–Kier alpha value is -2.26. The van der Waals surface area contributed by atoms with E-state index >= 15 is 0 Å². The van der Waals surface area contributed by atoms with Crippen LogP contribution >= 0.6 is 23.2 Å². The second-order valence-corrected chi connectivity index (χ2v) is 5.10. The van der Waals surface area contributed by atoms with E-state index in [0.717, 1.165) is 6.07 Å². The summed E-state index contributed by atoms with van der Waals surface area (Å²) in [7, 11) is 0. The molecule has 0 aliphatic carbocycles. The van der Waals surface area contributed by atoms with Gasteiger partial charge in [-0.15, -0.1) is 23.2 Å². The highest BCUT2D eigenvalue weighted by molar-refractivity contribution is 6.18. The molecule has 1 rings (SSSR count). The van der Waals surface area contributed by atoms with Crippen molar-refractivity contribution in [2.24, 2.45) is 0 Å². The molecule has 0 bridgehead atoms. The molecule has 132 valence electrons. The number of amides is 2. The molecule has 0 saturated carbocycles. The smallest absolute Gasteiger partial charge is 0.411 e. The molecule has 0 aliphatic heterocycles. The van der Waals surface area contributed by atoms with Crippen LogP contribution < -0.4 is 10.6 Å². The van der Waals surface area contributed by atoms with Crippen LogP contribution in [0.2, 0.25) is 0 Å². The maximum Gasteiger partial charge on any atom is 0.411 e. The molecule has 0 unspecified atom stereocenters. The molecular formula is C13H15Cl2N3O6. The zero-order valence-electron chi connectivity index (χ0n) is 12.6. The molecule has 2 N–H and O–H groups in total. The Bertz CT molecular complexity index is 626. The summed E-state index contributed by atoms with van der Waals surface area (Å²) in [6.07, 6.45) is -1.67. The van der Waals surface area contributed by atoms with Crippen molar-refractivity contribution < 1.29 is 24.0 Å². The van der Waals surface area contributed by atoms with Crippen molar-refractivity contribution >= 4 is 52.5 Å². The number of nitrogens with one attached hydrogen (secondary N) is 2. The van der Waals surface area contributed by atoms with Crippen LogP contribution in [0.3, 0.4) is 0 Å². The van der Waals surface area contributed by atoms with Crippen molar-refractivity contribution in [2.75, 3.05) is 35.6 Å². The molecule has 0 fully saturated rings. The first-order valence-electron chi connectivity index (χ1n) is 6.67. The molecule has 0 atom stereocenters. The van der Waals surface area contributed by atoms with Gasteiger partial charge >= 0.3 is 12.2 Å². The maximum atomic E-state index is 11.5. The third-order valence-electron chi connectivity index (χ3n) is 2.63. The first kappa shape index (κ1) is 19.8. The van der Waals surface area contributed by atoms with E-state index in [1.54, 1.807) is 6.92 Å². The van der Waals surface area contributed by atoms with Gasteiger partial charge in [0.05, 0.1) is 22.4 Å². The highest BCUT2D eigenvalue weighted by Crippen LogP contribution is 2.31. The van der Waals surface area contributed by atoms with Crippen LogP contribution in [0.25, 0.3) is 0 Å². The Kier molecular flexibility index (Phi) is 8.07. The molecule has 24 heavy (non-hydrogen) atoms. The summed E-state index contributed by atoms with van der Waals surface area (Å²) in [4.78, 5) is 33.5. The summed E-state index contributed by atoms with van der Waals surface area (Å²) in [6, 6.07) is 2.44. The lowest BCUT2D eigenvalue weighted by Crippen LogP contribution is -2.18. The van der Waals surface area contributed by atoms with E-state index in [4.69, 9.17) is 32.7 Å². The molecule has 0 saturated heterocycles. The minimum atomic E-state index is -0.875. The third-order valence-corrected chi connectivity index (χ3v) is 2.94. The fourth-order valence-corrected chi connectivity index (χ4v) is 1.79. The minimum Gasteiger partial charge on any atom is -0.448 e. The number of nitrogens with zero attached hydrogens (tertiary/aromatic N) is 1. The first-order chi connectivity index (χ1) is 11.4. The summed E-state index contributed by atoms with van der Waals surface area (Å²) < 4.78 is 9.44. The number of rotatable bonds is 7. The molecule has 0 spiro atoms. The standard InChI is InChI=1S/C13H15Cl2N3O6/c1-8-6-10(17-13(20)24-5-3-15)11(18(21)22)7-9(8)16-12(19)23-4-2-14/h6-7H,2-5H2,1H3,(H,16,19)(H,17,20). The monoisotopic (exact) mass is 379 g/mol. The van der Waals surface area contributed by atoms with Gasteiger partial charge in [-0.25, -0.2) is 9.59 Å². The van der Waals surface area contributed by atoms with Crippen LogP contribution in [0, 0.1) is 17.0 Å². The maximum absolute atomic E-state index is 11.5. The number of nitro benzene ring substituents is 1. The van der Waals surface area contributed by atoms with Crippen molar-refractivity contribution in [1.82, 2.24) is 0 Å². The van der Waals surface area contributed by atoms with E-state index in [1.165, 1.54) is 6.07 Å². The van der Waals surface area contributed by atoms with Gasteiger partial charge in [0.1, 0.15) is 18.9 Å². The Labute approximate surface area is 147 Å². The number of halogens is 2. The number of hydrogen-bond donors (Lipinski definition) is 2. The molecule has 1 aromatic carbocycles. The second-order valence-electron chi connectivity index (χ2n) is 4.34. The lowest BCUT2D eigenvalue weighted by Gasteiger charge is -2.12. The Morgan fingerprint density at radius 2 is 1.58 bits per heavy atom. The molecule has 1 aromatic rings. The number of hydrogen-bond acceptors (Lipinski definition) is 6. The van der Waals surface area contributed by atoms with Gasteiger partial charge in [-0.2, -0.15) is 0 Å². The number of aryl methyl sites for hydroxylation is 1. The van der Waals surface area contributed by atoms with Gasteiger partial charge in [-0.05, 0) is 18.6 Å². The third kappa shape index (κ3) is 6.09. The number of carbonyl (C=O) groups excluding carboxylic acids is 2. The average molecular weight is 380 g/mol. The number of anilines is 2. The SMILES string of the molecule is Cc1cc(NC(=O)OCCCl)c([N+](=O)[O-])cc1NC(=O)OCCCl. The van der Waals surface area contributed by atoms with Crippen molar-refractivity contribution in [3.8, 4) is 0 Å². The molecule has 0 aliphatic rings. The predicted molar refractivity (Wildman–Crippen MR) is 89.2 cm³/mol. The molecule has 0 aromatic heterocycles. The van der Waals surface area contributed by atoms with Crippen LogP contribution in [0.1, 0.15) is 5.56 Å². The van der Waals surface area contributed by atoms with Crippen molar-refractivity contribution in [3.63, 3.8) is 0 Å². The van der Waals surface area contributed by atoms with Crippen molar-refractivity contribution in [1.29, 1.82) is 0 Å². The topological polar surface area (TPSA) is 120 Å². The molecule has 0 heterocycles. The summed E-state index contributed by atoms with van der Waals surface area (Å²) >= 11 is 10.8. The largest absolute Gasteiger partial charge is 0.448 e.